The molecule has 1 saturated heterocycles. The van der Waals surface area contributed by atoms with Gasteiger partial charge in [0.25, 0.3) is 0 Å². The van der Waals surface area contributed by atoms with E-state index in [1.807, 2.05) is 11.0 Å². The molecule has 6 heteroatoms. The van der Waals surface area contributed by atoms with E-state index in [1.165, 1.54) is 0 Å². The molecule has 2 amide bonds. The summed E-state index contributed by atoms with van der Waals surface area (Å²) < 4.78 is 0. The highest BCUT2D eigenvalue weighted by molar-refractivity contribution is 6.35. The Labute approximate surface area is 166 Å². The molecule has 0 spiro atoms. The Bertz CT molecular complexity index is 661. The lowest BCUT2D eigenvalue weighted by Crippen LogP contribution is -2.54. The summed E-state index contributed by atoms with van der Waals surface area (Å²) in [5, 5.41) is 4.06. The maximum Gasteiger partial charge on any atom is 0.237 e. The molecule has 1 aromatic rings. The van der Waals surface area contributed by atoms with Crippen LogP contribution in [0.1, 0.15) is 52.0 Å². The van der Waals surface area contributed by atoms with Gasteiger partial charge in [-0.3, -0.25) is 9.59 Å². The van der Waals surface area contributed by atoms with Gasteiger partial charge < -0.3 is 10.2 Å². The summed E-state index contributed by atoms with van der Waals surface area (Å²) >= 11 is 12.1. The minimum Gasteiger partial charge on any atom is -0.355 e. The van der Waals surface area contributed by atoms with Crippen LogP contribution < -0.4 is 5.32 Å². The molecule has 1 atom stereocenters. The largest absolute Gasteiger partial charge is 0.355 e. The van der Waals surface area contributed by atoms with Crippen molar-refractivity contribution in [3.05, 3.63) is 33.8 Å². The van der Waals surface area contributed by atoms with Gasteiger partial charge in [0.05, 0.1) is 0 Å². The Balaban J connectivity index is 1.95. The van der Waals surface area contributed by atoms with Crippen LogP contribution >= 0.6 is 23.2 Å². The molecular weight excluding hydrogens is 371 g/mol. The number of carbonyl (C=O) groups is 2. The van der Waals surface area contributed by atoms with Crippen molar-refractivity contribution in [1.29, 1.82) is 0 Å². The molecule has 0 radical (unpaired) electrons. The summed E-state index contributed by atoms with van der Waals surface area (Å²) in [4.78, 5) is 27.5. The third-order valence-corrected chi connectivity index (χ3v) is 5.74. The highest BCUT2D eigenvalue weighted by atomic mass is 35.5. The Morgan fingerprint density at radius 2 is 2.00 bits per heavy atom. The second-order valence-corrected chi connectivity index (χ2v) is 8.27. The Morgan fingerprint density at radius 1 is 1.27 bits per heavy atom. The molecule has 1 aliphatic rings. The van der Waals surface area contributed by atoms with Gasteiger partial charge in [0.1, 0.15) is 5.41 Å². The summed E-state index contributed by atoms with van der Waals surface area (Å²) in [5.74, 6) is -0.320. The average molecular weight is 399 g/mol. The van der Waals surface area contributed by atoms with Crippen molar-refractivity contribution < 1.29 is 9.59 Å². The van der Waals surface area contributed by atoms with Crippen molar-refractivity contribution in [1.82, 2.24) is 10.2 Å². The second-order valence-electron chi connectivity index (χ2n) is 7.42. The molecule has 1 aromatic carbocycles. The minimum absolute atomic E-state index is 0.0777. The predicted molar refractivity (Wildman–Crippen MR) is 107 cm³/mol. The fourth-order valence-electron chi connectivity index (χ4n) is 3.40. The molecule has 26 heavy (non-hydrogen) atoms. The molecule has 1 fully saturated rings. The van der Waals surface area contributed by atoms with Gasteiger partial charge in [-0.2, -0.15) is 0 Å². The maximum atomic E-state index is 13.0. The molecule has 0 aliphatic carbocycles. The SMILES string of the molecule is CCC1CCCCN1C(=O)C(C)(C)C(=O)NCCc1ccc(Cl)cc1Cl. The lowest BCUT2D eigenvalue weighted by molar-refractivity contribution is -0.151. The maximum absolute atomic E-state index is 13.0. The standard InChI is InChI=1S/C20H28Cl2N2O2/c1-4-16-7-5-6-12-24(16)19(26)20(2,3)18(25)23-11-10-14-8-9-15(21)13-17(14)22/h8-9,13,16H,4-7,10-12H2,1-3H3,(H,23,25). The lowest BCUT2D eigenvalue weighted by atomic mass is 9.87. The van der Waals surface area contributed by atoms with Gasteiger partial charge in [0, 0.05) is 29.2 Å². The van der Waals surface area contributed by atoms with Crippen LogP contribution in [0.2, 0.25) is 10.0 Å². The third-order valence-electron chi connectivity index (χ3n) is 5.16. The van der Waals surface area contributed by atoms with Crippen molar-refractivity contribution in [2.75, 3.05) is 13.1 Å². The fourth-order valence-corrected chi connectivity index (χ4v) is 3.91. The van der Waals surface area contributed by atoms with E-state index in [4.69, 9.17) is 23.2 Å². The van der Waals surface area contributed by atoms with Gasteiger partial charge >= 0.3 is 0 Å². The zero-order chi connectivity index (χ0) is 19.3. The van der Waals surface area contributed by atoms with E-state index in [2.05, 4.69) is 12.2 Å². The van der Waals surface area contributed by atoms with E-state index < -0.39 is 5.41 Å². The van der Waals surface area contributed by atoms with Gasteiger partial charge in [-0.15, -0.1) is 0 Å². The first-order chi connectivity index (χ1) is 12.3. The summed E-state index contributed by atoms with van der Waals surface area (Å²) in [7, 11) is 0. The first kappa shape index (κ1) is 21.0. The number of nitrogens with zero attached hydrogens (tertiary/aromatic N) is 1. The molecule has 0 bridgehead atoms. The average Bonchev–Trinajstić information content (AvgIpc) is 2.62. The molecule has 0 saturated carbocycles. The van der Waals surface area contributed by atoms with Crippen LogP contribution in [0.5, 0.6) is 0 Å². The summed E-state index contributed by atoms with van der Waals surface area (Å²) in [6, 6.07) is 5.57. The first-order valence-corrected chi connectivity index (χ1v) is 10.1. The zero-order valence-electron chi connectivity index (χ0n) is 15.8. The normalized spacial score (nSPS) is 17.9. The van der Waals surface area contributed by atoms with Crippen LogP contribution in [0.25, 0.3) is 0 Å². The predicted octanol–water partition coefficient (Wildman–Crippen LogP) is 4.47. The second kappa shape index (κ2) is 9.09. The Hall–Kier alpha value is -1.26. The number of amides is 2. The molecular formula is C20H28Cl2N2O2. The fraction of sp³-hybridized carbons (Fsp3) is 0.600. The Kier molecular flexibility index (Phi) is 7.36. The van der Waals surface area contributed by atoms with Crippen LogP contribution in [0.4, 0.5) is 0 Å². The number of likely N-dealkylation sites (tertiary alicyclic amines) is 1. The van der Waals surface area contributed by atoms with E-state index >= 15 is 0 Å². The number of rotatable bonds is 6. The van der Waals surface area contributed by atoms with Gasteiger partial charge in [-0.25, -0.2) is 0 Å². The van der Waals surface area contributed by atoms with Crippen LogP contribution in [-0.4, -0.2) is 35.8 Å². The molecule has 4 nitrogen and oxygen atoms in total. The molecule has 1 aliphatic heterocycles. The highest BCUT2D eigenvalue weighted by Crippen LogP contribution is 2.27. The monoisotopic (exact) mass is 398 g/mol. The van der Waals surface area contributed by atoms with Gasteiger partial charge in [-0.1, -0.05) is 36.2 Å². The van der Waals surface area contributed by atoms with Crippen LogP contribution in [-0.2, 0) is 16.0 Å². The van der Waals surface area contributed by atoms with Crippen molar-refractivity contribution in [2.24, 2.45) is 5.41 Å². The van der Waals surface area contributed by atoms with E-state index in [0.717, 1.165) is 37.8 Å². The molecule has 1 heterocycles. The van der Waals surface area contributed by atoms with Crippen molar-refractivity contribution in [2.45, 2.75) is 58.9 Å². The molecule has 1 N–H and O–H groups in total. The number of carbonyl (C=O) groups excluding carboxylic acids is 2. The van der Waals surface area contributed by atoms with E-state index in [0.29, 0.717) is 23.0 Å². The number of piperidine rings is 1. The number of benzene rings is 1. The van der Waals surface area contributed by atoms with Crippen molar-refractivity contribution >= 4 is 35.0 Å². The van der Waals surface area contributed by atoms with Crippen molar-refractivity contribution in [3.63, 3.8) is 0 Å². The van der Waals surface area contributed by atoms with E-state index in [1.54, 1.807) is 26.0 Å². The first-order valence-electron chi connectivity index (χ1n) is 9.30. The van der Waals surface area contributed by atoms with E-state index in [9.17, 15) is 9.59 Å². The quantitative estimate of drug-likeness (QED) is 0.718. The third kappa shape index (κ3) is 4.92. The van der Waals surface area contributed by atoms with E-state index in [-0.39, 0.29) is 17.9 Å². The summed E-state index contributed by atoms with van der Waals surface area (Å²) in [6.45, 7) is 6.68. The van der Waals surface area contributed by atoms with Gasteiger partial charge in [0.15, 0.2) is 0 Å². The molecule has 0 aromatic heterocycles. The Morgan fingerprint density at radius 3 is 2.65 bits per heavy atom. The highest BCUT2D eigenvalue weighted by Gasteiger charge is 2.41. The number of halogens is 2. The van der Waals surface area contributed by atoms with Crippen LogP contribution in [0.3, 0.4) is 0 Å². The number of nitrogens with one attached hydrogen (secondary N) is 1. The molecule has 2 rings (SSSR count). The smallest absolute Gasteiger partial charge is 0.237 e. The van der Waals surface area contributed by atoms with Crippen LogP contribution in [0.15, 0.2) is 18.2 Å². The lowest BCUT2D eigenvalue weighted by Gasteiger charge is -2.39. The van der Waals surface area contributed by atoms with Gasteiger partial charge in [0.2, 0.25) is 11.8 Å². The molecule has 144 valence electrons. The molecule has 1 unspecified atom stereocenters. The topological polar surface area (TPSA) is 49.4 Å². The van der Waals surface area contributed by atoms with Gasteiger partial charge in [-0.05, 0) is 63.6 Å². The van der Waals surface area contributed by atoms with Crippen LogP contribution in [0, 0.1) is 5.41 Å². The van der Waals surface area contributed by atoms with Crippen molar-refractivity contribution in [3.8, 4) is 0 Å². The zero-order valence-corrected chi connectivity index (χ0v) is 17.3. The summed E-state index contributed by atoms with van der Waals surface area (Å²) in [5.41, 5.74) is -0.156. The minimum atomic E-state index is -1.07. The number of hydrogen-bond donors (Lipinski definition) is 1. The summed E-state index contributed by atoms with van der Waals surface area (Å²) in [6.07, 6.45) is 4.70. The number of hydrogen-bond acceptors (Lipinski definition) is 2.